The van der Waals surface area contributed by atoms with Crippen molar-refractivity contribution < 1.29 is 5.11 Å². The first-order valence-electron chi connectivity index (χ1n) is 7.40. The number of phenols is 1. The molecule has 1 unspecified atom stereocenters. The second-order valence-electron chi connectivity index (χ2n) is 5.76. The predicted molar refractivity (Wildman–Crippen MR) is 74.1 cm³/mol. The van der Waals surface area contributed by atoms with Gasteiger partial charge in [0, 0.05) is 6.04 Å². The highest BCUT2D eigenvalue weighted by molar-refractivity contribution is 5.46. The summed E-state index contributed by atoms with van der Waals surface area (Å²) in [6.45, 7) is 1.14. The monoisotopic (exact) mass is 245 g/mol. The lowest BCUT2D eigenvalue weighted by molar-refractivity contribution is 0.390. The van der Waals surface area contributed by atoms with Gasteiger partial charge in [-0.3, -0.25) is 0 Å². The molecule has 1 fully saturated rings. The van der Waals surface area contributed by atoms with Gasteiger partial charge in [-0.05, 0) is 74.2 Å². The molecular weight excluding hydrogens is 222 g/mol. The number of nitrogens with one attached hydrogen (secondary N) is 1. The van der Waals surface area contributed by atoms with E-state index in [1.165, 1.54) is 55.2 Å². The van der Waals surface area contributed by atoms with Crippen LogP contribution in [0.3, 0.4) is 0 Å². The van der Waals surface area contributed by atoms with Crippen LogP contribution in [0, 0.1) is 0 Å². The number of benzene rings is 1. The summed E-state index contributed by atoms with van der Waals surface area (Å²) >= 11 is 0. The summed E-state index contributed by atoms with van der Waals surface area (Å²) in [7, 11) is 0. The quantitative estimate of drug-likeness (QED) is 0.839. The molecule has 1 saturated heterocycles. The summed E-state index contributed by atoms with van der Waals surface area (Å²) in [4.78, 5) is 0. The highest BCUT2D eigenvalue weighted by atomic mass is 16.3. The van der Waals surface area contributed by atoms with E-state index in [1.807, 2.05) is 6.07 Å². The fourth-order valence-corrected chi connectivity index (χ4v) is 3.46. The summed E-state index contributed by atoms with van der Waals surface area (Å²) in [6, 6.07) is 4.60. The number of aromatic hydroxyl groups is 1. The van der Waals surface area contributed by atoms with Gasteiger partial charge in [0.05, 0.1) is 0 Å². The van der Waals surface area contributed by atoms with Crippen molar-refractivity contribution in [1.29, 1.82) is 0 Å². The van der Waals surface area contributed by atoms with E-state index in [1.54, 1.807) is 0 Å². The van der Waals surface area contributed by atoms with Crippen molar-refractivity contribution in [1.82, 2.24) is 5.32 Å². The molecule has 0 saturated carbocycles. The van der Waals surface area contributed by atoms with Crippen LogP contribution in [0.15, 0.2) is 12.1 Å². The molecule has 2 N–H and O–H groups in total. The van der Waals surface area contributed by atoms with Crippen molar-refractivity contribution in [3.05, 3.63) is 28.8 Å². The van der Waals surface area contributed by atoms with Crippen molar-refractivity contribution in [2.45, 2.75) is 57.4 Å². The molecule has 1 aromatic carbocycles. The van der Waals surface area contributed by atoms with Gasteiger partial charge in [0.1, 0.15) is 5.75 Å². The van der Waals surface area contributed by atoms with Crippen LogP contribution in [-0.2, 0) is 19.3 Å². The topological polar surface area (TPSA) is 32.3 Å². The second-order valence-corrected chi connectivity index (χ2v) is 5.76. The molecule has 1 aliphatic heterocycles. The Morgan fingerprint density at radius 3 is 2.83 bits per heavy atom. The van der Waals surface area contributed by atoms with Gasteiger partial charge in [0.2, 0.25) is 0 Å². The standard InChI is InChI=1S/C16H23NO/c18-16-9-8-12-5-1-2-7-14(12)15(16)11-13-6-3-4-10-17-13/h8-9,13,17-18H,1-7,10-11H2. The molecule has 0 bridgehead atoms. The van der Waals surface area contributed by atoms with E-state index in [-0.39, 0.29) is 0 Å². The van der Waals surface area contributed by atoms with Gasteiger partial charge in [-0.25, -0.2) is 0 Å². The second kappa shape index (κ2) is 5.31. The third-order valence-corrected chi connectivity index (χ3v) is 4.49. The SMILES string of the molecule is Oc1ccc2c(c1CC1CCCCN1)CCCC2. The van der Waals surface area contributed by atoms with Crippen molar-refractivity contribution >= 4 is 0 Å². The number of aryl methyl sites for hydroxylation is 1. The van der Waals surface area contributed by atoms with E-state index < -0.39 is 0 Å². The summed E-state index contributed by atoms with van der Waals surface area (Å²) in [5.41, 5.74) is 4.16. The van der Waals surface area contributed by atoms with Crippen LogP contribution in [0.25, 0.3) is 0 Å². The van der Waals surface area contributed by atoms with Gasteiger partial charge < -0.3 is 10.4 Å². The lowest BCUT2D eigenvalue weighted by Crippen LogP contribution is -2.36. The Hall–Kier alpha value is -1.02. The summed E-state index contributed by atoms with van der Waals surface area (Å²) < 4.78 is 0. The van der Waals surface area contributed by atoms with Crippen LogP contribution in [0.1, 0.15) is 48.8 Å². The van der Waals surface area contributed by atoms with Gasteiger partial charge in [-0.1, -0.05) is 12.5 Å². The first-order valence-corrected chi connectivity index (χ1v) is 7.40. The van der Waals surface area contributed by atoms with Gasteiger partial charge in [-0.15, -0.1) is 0 Å². The first kappa shape index (κ1) is 12.0. The summed E-state index contributed by atoms with van der Waals surface area (Å²) in [6.07, 6.45) is 9.83. The minimum absolute atomic E-state index is 0.517. The van der Waals surface area contributed by atoms with Crippen molar-refractivity contribution in [2.24, 2.45) is 0 Å². The Kier molecular flexibility index (Phi) is 3.55. The molecule has 1 aromatic rings. The molecule has 18 heavy (non-hydrogen) atoms. The van der Waals surface area contributed by atoms with E-state index in [0.717, 1.165) is 19.4 Å². The summed E-state index contributed by atoms with van der Waals surface area (Å²) in [5.74, 6) is 0.517. The molecule has 2 aliphatic rings. The number of hydrogen-bond donors (Lipinski definition) is 2. The Bertz CT molecular complexity index is 421. The van der Waals surface area contributed by atoms with Crippen LogP contribution in [0.2, 0.25) is 0 Å². The maximum absolute atomic E-state index is 10.2. The summed E-state index contributed by atoms with van der Waals surface area (Å²) in [5, 5.41) is 13.8. The molecule has 1 aliphatic carbocycles. The van der Waals surface area contributed by atoms with Gasteiger partial charge >= 0.3 is 0 Å². The predicted octanol–water partition coefficient (Wildman–Crippen LogP) is 2.96. The van der Waals surface area contributed by atoms with Crippen molar-refractivity contribution in [3.8, 4) is 5.75 Å². The third-order valence-electron chi connectivity index (χ3n) is 4.49. The minimum atomic E-state index is 0.517. The number of rotatable bonds is 2. The van der Waals surface area contributed by atoms with E-state index in [2.05, 4.69) is 11.4 Å². The smallest absolute Gasteiger partial charge is 0.119 e. The molecular formula is C16H23NO. The van der Waals surface area contributed by atoms with E-state index in [9.17, 15) is 5.11 Å². The van der Waals surface area contributed by atoms with Crippen LogP contribution >= 0.6 is 0 Å². The Morgan fingerprint density at radius 1 is 1.11 bits per heavy atom. The molecule has 98 valence electrons. The maximum Gasteiger partial charge on any atom is 0.119 e. The average Bonchev–Trinajstić information content (AvgIpc) is 2.43. The molecule has 0 amide bonds. The first-order chi connectivity index (χ1) is 8.84. The largest absolute Gasteiger partial charge is 0.508 e. The van der Waals surface area contributed by atoms with Crippen LogP contribution in [0.5, 0.6) is 5.75 Å². The molecule has 2 heteroatoms. The highest BCUT2D eigenvalue weighted by Gasteiger charge is 2.20. The van der Waals surface area contributed by atoms with Crippen LogP contribution in [0.4, 0.5) is 0 Å². The zero-order chi connectivity index (χ0) is 12.4. The molecule has 2 nitrogen and oxygen atoms in total. The van der Waals surface area contributed by atoms with Gasteiger partial charge in [-0.2, -0.15) is 0 Å². The fraction of sp³-hybridized carbons (Fsp3) is 0.625. The zero-order valence-electron chi connectivity index (χ0n) is 11.0. The van der Waals surface area contributed by atoms with Crippen molar-refractivity contribution in [2.75, 3.05) is 6.54 Å². The van der Waals surface area contributed by atoms with Gasteiger partial charge in [0.25, 0.3) is 0 Å². The van der Waals surface area contributed by atoms with E-state index in [0.29, 0.717) is 11.8 Å². The lowest BCUT2D eigenvalue weighted by atomic mass is 9.85. The molecule has 0 radical (unpaired) electrons. The van der Waals surface area contributed by atoms with E-state index >= 15 is 0 Å². The number of phenolic OH excluding ortho intramolecular Hbond substituents is 1. The third kappa shape index (κ3) is 2.39. The van der Waals surface area contributed by atoms with Crippen LogP contribution < -0.4 is 5.32 Å². The molecule has 0 spiro atoms. The minimum Gasteiger partial charge on any atom is -0.508 e. The molecule has 1 atom stereocenters. The van der Waals surface area contributed by atoms with Crippen LogP contribution in [-0.4, -0.2) is 17.7 Å². The number of fused-ring (bicyclic) bond motifs is 1. The molecule has 3 rings (SSSR count). The number of piperidine rings is 1. The Balaban J connectivity index is 1.85. The Labute approximate surface area is 109 Å². The van der Waals surface area contributed by atoms with E-state index in [4.69, 9.17) is 0 Å². The van der Waals surface area contributed by atoms with Gasteiger partial charge in [0.15, 0.2) is 0 Å². The molecule has 0 aromatic heterocycles. The maximum atomic E-state index is 10.2. The average molecular weight is 245 g/mol. The Morgan fingerprint density at radius 2 is 2.00 bits per heavy atom. The molecule has 1 heterocycles. The van der Waals surface area contributed by atoms with Crippen molar-refractivity contribution in [3.63, 3.8) is 0 Å². The normalized spacial score (nSPS) is 23.7. The number of hydrogen-bond acceptors (Lipinski definition) is 2. The lowest BCUT2D eigenvalue weighted by Gasteiger charge is -2.27. The zero-order valence-corrected chi connectivity index (χ0v) is 11.0. The fourth-order valence-electron chi connectivity index (χ4n) is 3.46. The highest BCUT2D eigenvalue weighted by Crippen LogP contribution is 2.32.